The number of β-amino-alcohol motifs (C(OH)–C–C–N with tert-alkyl or cyclic N) is 1. The summed E-state index contributed by atoms with van der Waals surface area (Å²) in [6, 6.07) is 7.20. The average molecular weight is 292 g/mol. The summed E-state index contributed by atoms with van der Waals surface area (Å²) < 4.78 is 5.86. The number of nitrogens with one attached hydrogen (secondary N) is 1. The number of hydrogen-bond acceptors (Lipinski definition) is 3. The summed E-state index contributed by atoms with van der Waals surface area (Å²) in [5.74, 6) is 0.649. The van der Waals surface area contributed by atoms with Crippen LogP contribution in [0.15, 0.2) is 24.3 Å². The van der Waals surface area contributed by atoms with Gasteiger partial charge in [-0.2, -0.15) is 0 Å². The average Bonchev–Trinajstić information content (AvgIpc) is 2.39. The second-order valence-corrected chi connectivity index (χ2v) is 6.38. The highest BCUT2D eigenvalue weighted by atomic mass is 16.5. The number of piperidine rings is 1. The lowest BCUT2D eigenvalue weighted by molar-refractivity contribution is 0.0882. The lowest BCUT2D eigenvalue weighted by Gasteiger charge is -2.30. The number of ether oxygens (including phenoxy) is 1. The molecule has 1 aliphatic heterocycles. The molecule has 5 nitrogen and oxygen atoms in total. The van der Waals surface area contributed by atoms with Gasteiger partial charge in [-0.3, -0.25) is 0 Å². The Balaban J connectivity index is 2.07. The van der Waals surface area contributed by atoms with E-state index in [1.807, 2.05) is 45.0 Å². The molecule has 5 heteroatoms. The molecule has 2 amide bonds. The molecule has 1 aliphatic rings. The van der Waals surface area contributed by atoms with Crippen molar-refractivity contribution < 1.29 is 14.6 Å². The van der Waals surface area contributed by atoms with E-state index in [1.54, 1.807) is 4.90 Å². The third kappa shape index (κ3) is 4.63. The number of hydrogen-bond donors (Lipinski definition) is 2. The highest BCUT2D eigenvalue weighted by Crippen LogP contribution is 2.28. The quantitative estimate of drug-likeness (QED) is 0.881. The van der Waals surface area contributed by atoms with E-state index in [0.29, 0.717) is 24.5 Å². The Morgan fingerprint density at radius 1 is 1.38 bits per heavy atom. The zero-order valence-electron chi connectivity index (χ0n) is 12.9. The fourth-order valence-corrected chi connectivity index (χ4v) is 2.32. The van der Waals surface area contributed by atoms with Crippen LogP contribution in [0.25, 0.3) is 0 Å². The summed E-state index contributed by atoms with van der Waals surface area (Å²) in [6.07, 6.45) is 1.16. The molecule has 1 fully saturated rings. The van der Waals surface area contributed by atoms with Crippen LogP contribution in [0.3, 0.4) is 0 Å². The lowest BCUT2D eigenvalue weighted by Crippen LogP contribution is -2.44. The number of likely N-dealkylation sites (tertiary alicyclic amines) is 1. The van der Waals surface area contributed by atoms with Crippen molar-refractivity contribution in [1.29, 1.82) is 0 Å². The van der Waals surface area contributed by atoms with Gasteiger partial charge in [-0.05, 0) is 45.7 Å². The van der Waals surface area contributed by atoms with Gasteiger partial charge >= 0.3 is 6.03 Å². The van der Waals surface area contributed by atoms with E-state index in [1.165, 1.54) is 0 Å². The van der Waals surface area contributed by atoms with E-state index in [2.05, 4.69) is 5.32 Å². The van der Waals surface area contributed by atoms with Gasteiger partial charge < -0.3 is 20.1 Å². The van der Waals surface area contributed by atoms with Crippen molar-refractivity contribution in [3.8, 4) is 5.75 Å². The van der Waals surface area contributed by atoms with Gasteiger partial charge in [0.05, 0.1) is 11.8 Å². The maximum absolute atomic E-state index is 12.3. The molecule has 1 atom stereocenters. The number of benzene rings is 1. The number of urea groups is 1. The van der Waals surface area contributed by atoms with Gasteiger partial charge in [0.2, 0.25) is 0 Å². The fourth-order valence-electron chi connectivity index (χ4n) is 2.32. The molecular formula is C16H24N2O3. The fraction of sp³-hybridized carbons (Fsp3) is 0.562. The topological polar surface area (TPSA) is 61.8 Å². The third-order valence-corrected chi connectivity index (χ3v) is 3.23. The van der Waals surface area contributed by atoms with Crippen LogP contribution in [0.1, 0.15) is 33.6 Å². The molecule has 1 unspecified atom stereocenters. The van der Waals surface area contributed by atoms with Crippen LogP contribution in [0, 0.1) is 0 Å². The Kier molecular flexibility index (Phi) is 4.73. The number of aliphatic hydroxyl groups excluding tert-OH is 1. The molecule has 0 saturated carbocycles. The number of carbonyl (C=O) groups excluding carboxylic acids is 1. The summed E-state index contributed by atoms with van der Waals surface area (Å²) in [4.78, 5) is 13.9. The van der Waals surface area contributed by atoms with Crippen molar-refractivity contribution in [3.05, 3.63) is 24.3 Å². The van der Waals surface area contributed by atoms with Gasteiger partial charge in [-0.15, -0.1) is 0 Å². The molecule has 0 aliphatic carbocycles. The smallest absolute Gasteiger partial charge is 0.322 e. The highest BCUT2D eigenvalue weighted by molar-refractivity contribution is 5.91. The van der Waals surface area contributed by atoms with Crippen molar-refractivity contribution in [2.75, 3.05) is 18.4 Å². The highest BCUT2D eigenvalue weighted by Gasteiger charge is 2.23. The molecule has 0 radical (unpaired) electrons. The van der Waals surface area contributed by atoms with E-state index in [-0.39, 0.29) is 11.6 Å². The first-order valence-corrected chi connectivity index (χ1v) is 7.37. The zero-order chi connectivity index (χ0) is 15.5. The molecule has 0 bridgehead atoms. The summed E-state index contributed by atoms with van der Waals surface area (Å²) in [5, 5.41) is 12.5. The Morgan fingerprint density at radius 3 is 2.76 bits per heavy atom. The molecule has 21 heavy (non-hydrogen) atoms. The number of nitrogens with zero attached hydrogens (tertiary/aromatic N) is 1. The van der Waals surface area contributed by atoms with Gasteiger partial charge in [0.15, 0.2) is 0 Å². The largest absolute Gasteiger partial charge is 0.486 e. The number of amides is 2. The molecule has 2 rings (SSSR count). The Bertz CT molecular complexity index is 497. The minimum Gasteiger partial charge on any atom is -0.486 e. The van der Waals surface area contributed by atoms with Crippen LogP contribution in [-0.4, -0.2) is 40.8 Å². The molecule has 0 spiro atoms. The van der Waals surface area contributed by atoms with E-state index in [4.69, 9.17) is 4.74 Å². The van der Waals surface area contributed by atoms with Gasteiger partial charge in [-0.1, -0.05) is 12.1 Å². The Hall–Kier alpha value is -1.75. The minimum atomic E-state index is -0.425. The van der Waals surface area contributed by atoms with Gasteiger partial charge in [-0.25, -0.2) is 4.79 Å². The van der Waals surface area contributed by atoms with E-state index in [0.717, 1.165) is 12.8 Å². The van der Waals surface area contributed by atoms with E-state index < -0.39 is 6.10 Å². The maximum Gasteiger partial charge on any atom is 0.322 e. The maximum atomic E-state index is 12.3. The van der Waals surface area contributed by atoms with Crippen LogP contribution < -0.4 is 10.1 Å². The Labute approximate surface area is 125 Å². The first kappa shape index (κ1) is 15.6. The number of rotatable bonds is 2. The van der Waals surface area contributed by atoms with Crippen LogP contribution in [0.2, 0.25) is 0 Å². The van der Waals surface area contributed by atoms with Crippen LogP contribution in [0.4, 0.5) is 10.5 Å². The van der Waals surface area contributed by atoms with Gasteiger partial charge in [0.1, 0.15) is 11.4 Å². The normalized spacial score (nSPS) is 19.2. The van der Waals surface area contributed by atoms with Crippen LogP contribution >= 0.6 is 0 Å². The summed E-state index contributed by atoms with van der Waals surface area (Å²) in [5.41, 5.74) is 0.319. The Morgan fingerprint density at radius 2 is 2.10 bits per heavy atom. The van der Waals surface area contributed by atoms with Gasteiger partial charge in [0.25, 0.3) is 0 Å². The minimum absolute atomic E-state index is 0.196. The number of aliphatic hydroxyl groups is 1. The van der Waals surface area contributed by atoms with Crippen LogP contribution in [-0.2, 0) is 0 Å². The predicted molar refractivity (Wildman–Crippen MR) is 82.7 cm³/mol. The van der Waals surface area contributed by atoms with Crippen molar-refractivity contribution in [2.45, 2.75) is 45.3 Å². The molecule has 1 aromatic rings. The summed E-state index contributed by atoms with van der Waals surface area (Å²) >= 11 is 0. The molecule has 116 valence electrons. The van der Waals surface area contributed by atoms with Crippen molar-refractivity contribution in [2.24, 2.45) is 0 Å². The monoisotopic (exact) mass is 292 g/mol. The number of anilines is 1. The first-order chi connectivity index (χ1) is 9.85. The predicted octanol–water partition coefficient (Wildman–Crippen LogP) is 2.85. The lowest BCUT2D eigenvalue weighted by atomic mass is 10.1. The standard InChI is InChI=1S/C16H24N2O3/c1-16(2,3)21-14-9-5-4-8-13(14)17-15(20)18-10-6-7-12(19)11-18/h4-5,8-9,12,19H,6-7,10-11H2,1-3H3,(H,17,20). The zero-order valence-corrected chi connectivity index (χ0v) is 12.9. The third-order valence-electron chi connectivity index (χ3n) is 3.23. The van der Waals surface area contributed by atoms with Crippen molar-refractivity contribution in [3.63, 3.8) is 0 Å². The van der Waals surface area contributed by atoms with Crippen molar-refractivity contribution in [1.82, 2.24) is 4.90 Å². The number of carbonyl (C=O) groups is 1. The molecule has 2 N–H and O–H groups in total. The van der Waals surface area contributed by atoms with Gasteiger partial charge in [0, 0.05) is 13.1 Å². The first-order valence-electron chi connectivity index (χ1n) is 7.37. The summed E-state index contributed by atoms with van der Waals surface area (Å²) in [6.45, 7) is 6.95. The van der Waals surface area contributed by atoms with Crippen molar-refractivity contribution >= 4 is 11.7 Å². The second kappa shape index (κ2) is 6.35. The van der Waals surface area contributed by atoms with E-state index in [9.17, 15) is 9.90 Å². The SMILES string of the molecule is CC(C)(C)Oc1ccccc1NC(=O)N1CCCC(O)C1. The molecular weight excluding hydrogens is 268 g/mol. The summed E-state index contributed by atoms with van der Waals surface area (Å²) in [7, 11) is 0. The number of para-hydroxylation sites is 2. The van der Waals surface area contributed by atoms with Crippen LogP contribution in [0.5, 0.6) is 5.75 Å². The van der Waals surface area contributed by atoms with E-state index >= 15 is 0 Å². The second-order valence-electron chi connectivity index (χ2n) is 6.38. The molecule has 0 aromatic heterocycles. The molecule has 1 saturated heterocycles. The molecule has 1 aromatic carbocycles. The molecule has 1 heterocycles.